The van der Waals surface area contributed by atoms with Gasteiger partial charge in [0.1, 0.15) is 5.15 Å². The fraction of sp³-hybridized carbons (Fsp3) is 0. The predicted octanol–water partition coefficient (Wildman–Crippen LogP) is 3.44. The summed E-state index contributed by atoms with van der Waals surface area (Å²) in [5.74, 6) is 0. The summed E-state index contributed by atoms with van der Waals surface area (Å²) >= 11 is 5.84. The molecule has 1 aromatic carbocycles. The molecule has 3 rings (SSSR count). The van der Waals surface area contributed by atoms with E-state index < -0.39 is 0 Å². The maximum absolute atomic E-state index is 5.84. The number of fused-ring (bicyclic) bond motifs is 3. The molecule has 0 aliphatic rings. The molecule has 3 aromatic rings. The number of rotatable bonds is 0. The molecule has 3 heteroatoms. The Bertz CT molecular complexity index is 649. The van der Waals surface area contributed by atoms with E-state index in [1.807, 2.05) is 30.3 Å². The molecule has 0 saturated carbocycles. The minimum absolute atomic E-state index is 0.512. The van der Waals surface area contributed by atoms with Crippen LogP contribution in [-0.2, 0) is 0 Å². The average Bonchev–Trinajstić information content (AvgIpc) is 2.28. The van der Waals surface area contributed by atoms with Crippen LogP contribution >= 0.6 is 11.6 Å². The average molecular weight is 215 g/mol. The van der Waals surface area contributed by atoms with Crippen LogP contribution in [0.3, 0.4) is 0 Å². The molecule has 72 valence electrons. The second-order valence-corrected chi connectivity index (χ2v) is 3.73. The van der Waals surface area contributed by atoms with Gasteiger partial charge in [0.25, 0.3) is 0 Å². The zero-order valence-electron chi connectivity index (χ0n) is 7.81. The molecule has 2 aromatic heterocycles. The molecule has 0 unspecified atom stereocenters. The number of benzene rings is 1. The van der Waals surface area contributed by atoms with Crippen LogP contribution in [0.25, 0.3) is 21.8 Å². The van der Waals surface area contributed by atoms with Crippen LogP contribution in [0.1, 0.15) is 0 Å². The molecule has 0 saturated heterocycles. The quantitative estimate of drug-likeness (QED) is 0.423. The maximum Gasteiger partial charge on any atom is 0.129 e. The van der Waals surface area contributed by atoms with Gasteiger partial charge in [0.05, 0.1) is 11.0 Å². The molecule has 0 N–H and O–H groups in total. The van der Waals surface area contributed by atoms with Gasteiger partial charge in [0.2, 0.25) is 0 Å². The molecule has 0 radical (unpaired) electrons. The van der Waals surface area contributed by atoms with Crippen molar-refractivity contribution >= 4 is 33.4 Å². The normalized spacial score (nSPS) is 11.0. The van der Waals surface area contributed by atoms with Gasteiger partial charge in [-0.25, -0.2) is 4.98 Å². The van der Waals surface area contributed by atoms with Gasteiger partial charge >= 0.3 is 0 Å². The molecule has 2 heterocycles. The zero-order chi connectivity index (χ0) is 10.3. The Labute approximate surface area is 91.5 Å². The Morgan fingerprint density at radius 2 is 1.93 bits per heavy atom. The lowest BCUT2D eigenvalue weighted by Gasteiger charge is -2.01. The molecule has 0 amide bonds. The number of hydrogen-bond acceptors (Lipinski definition) is 2. The van der Waals surface area contributed by atoms with Crippen LogP contribution in [0.15, 0.2) is 42.6 Å². The molecule has 0 spiro atoms. The number of aromatic nitrogens is 2. The third-order valence-electron chi connectivity index (χ3n) is 2.41. The Morgan fingerprint density at radius 3 is 2.87 bits per heavy atom. The molecule has 0 fully saturated rings. The first-order chi connectivity index (χ1) is 7.34. The highest BCUT2D eigenvalue weighted by atomic mass is 35.5. The standard InChI is InChI=1S/C12H7ClN2/c13-11-6-4-9-10(15-11)5-3-8-2-1-7-14-12(8)9/h1-7H. The van der Waals surface area contributed by atoms with Crippen molar-refractivity contribution in [2.24, 2.45) is 0 Å². The summed E-state index contributed by atoms with van der Waals surface area (Å²) in [7, 11) is 0. The Balaban J connectivity index is 2.55. The van der Waals surface area contributed by atoms with E-state index in [1.165, 1.54) is 0 Å². The van der Waals surface area contributed by atoms with Crippen molar-refractivity contribution in [3.8, 4) is 0 Å². The van der Waals surface area contributed by atoms with E-state index in [-0.39, 0.29) is 0 Å². The lowest BCUT2D eigenvalue weighted by molar-refractivity contribution is 1.39. The molecule has 0 atom stereocenters. The first-order valence-electron chi connectivity index (χ1n) is 4.64. The first kappa shape index (κ1) is 8.62. The highest BCUT2D eigenvalue weighted by Gasteiger charge is 2.02. The van der Waals surface area contributed by atoms with Crippen LogP contribution in [0.4, 0.5) is 0 Å². The smallest absolute Gasteiger partial charge is 0.129 e. The predicted molar refractivity (Wildman–Crippen MR) is 62.1 cm³/mol. The van der Waals surface area contributed by atoms with Crippen LogP contribution in [0.2, 0.25) is 5.15 Å². The van der Waals surface area contributed by atoms with Crippen LogP contribution in [0, 0.1) is 0 Å². The molecule has 0 bridgehead atoms. The van der Waals surface area contributed by atoms with Crippen LogP contribution < -0.4 is 0 Å². The SMILES string of the molecule is Clc1ccc2c(ccc3cccnc32)n1. The fourth-order valence-corrected chi connectivity index (χ4v) is 1.88. The van der Waals surface area contributed by atoms with Gasteiger partial charge in [-0.2, -0.15) is 0 Å². The Morgan fingerprint density at radius 1 is 1.00 bits per heavy atom. The molecule has 0 aliphatic heterocycles. The molecule has 15 heavy (non-hydrogen) atoms. The molecule has 0 aliphatic carbocycles. The number of halogens is 1. The van der Waals surface area contributed by atoms with Gasteiger partial charge in [-0.05, 0) is 24.3 Å². The van der Waals surface area contributed by atoms with E-state index in [0.717, 1.165) is 21.8 Å². The van der Waals surface area contributed by atoms with E-state index in [0.29, 0.717) is 5.15 Å². The molecular formula is C12H7ClN2. The molecule has 2 nitrogen and oxygen atoms in total. The highest BCUT2D eigenvalue weighted by Crippen LogP contribution is 2.23. The summed E-state index contributed by atoms with van der Waals surface area (Å²) in [6.45, 7) is 0. The first-order valence-corrected chi connectivity index (χ1v) is 5.02. The van der Waals surface area contributed by atoms with Gasteiger partial charge in [-0.1, -0.05) is 23.7 Å². The van der Waals surface area contributed by atoms with Gasteiger partial charge in [-0.3, -0.25) is 4.98 Å². The lowest BCUT2D eigenvalue weighted by Crippen LogP contribution is -1.83. The van der Waals surface area contributed by atoms with Crippen molar-refractivity contribution in [2.45, 2.75) is 0 Å². The number of hydrogen-bond donors (Lipinski definition) is 0. The van der Waals surface area contributed by atoms with Crippen LogP contribution in [-0.4, -0.2) is 9.97 Å². The third kappa shape index (κ3) is 1.34. The van der Waals surface area contributed by atoms with Crippen molar-refractivity contribution in [3.05, 3.63) is 47.7 Å². The van der Waals surface area contributed by atoms with Gasteiger partial charge < -0.3 is 0 Å². The second-order valence-electron chi connectivity index (χ2n) is 3.34. The van der Waals surface area contributed by atoms with Crippen molar-refractivity contribution in [1.82, 2.24) is 9.97 Å². The summed E-state index contributed by atoms with van der Waals surface area (Å²) < 4.78 is 0. The fourth-order valence-electron chi connectivity index (χ4n) is 1.72. The van der Waals surface area contributed by atoms with E-state index in [9.17, 15) is 0 Å². The number of pyridine rings is 2. The van der Waals surface area contributed by atoms with Crippen molar-refractivity contribution in [1.29, 1.82) is 0 Å². The summed E-state index contributed by atoms with van der Waals surface area (Å²) in [5, 5.41) is 2.67. The summed E-state index contributed by atoms with van der Waals surface area (Å²) in [4.78, 5) is 8.61. The monoisotopic (exact) mass is 214 g/mol. The maximum atomic E-state index is 5.84. The summed E-state index contributed by atoms with van der Waals surface area (Å²) in [6, 6.07) is 11.7. The minimum Gasteiger partial charge on any atom is -0.256 e. The van der Waals surface area contributed by atoms with E-state index in [4.69, 9.17) is 11.6 Å². The van der Waals surface area contributed by atoms with Crippen molar-refractivity contribution in [2.75, 3.05) is 0 Å². The Hall–Kier alpha value is -1.67. The summed E-state index contributed by atoms with van der Waals surface area (Å²) in [5.41, 5.74) is 1.85. The van der Waals surface area contributed by atoms with E-state index in [1.54, 1.807) is 12.3 Å². The largest absolute Gasteiger partial charge is 0.256 e. The zero-order valence-corrected chi connectivity index (χ0v) is 8.57. The van der Waals surface area contributed by atoms with Gasteiger partial charge in [0.15, 0.2) is 0 Å². The van der Waals surface area contributed by atoms with E-state index >= 15 is 0 Å². The van der Waals surface area contributed by atoms with Crippen molar-refractivity contribution < 1.29 is 0 Å². The third-order valence-corrected chi connectivity index (χ3v) is 2.62. The van der Waals surface area contributed by atoms with Crippen molar-refractivity contribution in [3.63, 3.8) is 0 Å². The van der Waals surface area contributed by atoms with E-state index in [2.05, 4.69) is 9.97 Å². The highest BCUT2D eigenvalue weighted by molar-refractivity contribution is 6.30. The molecular weight excluding hydrogens is 208 g/mol. The minimum atomic E-state index is 0.512. The Kier molecular flexibility index (Phi) is 1.82. The topological polar surface area (TPSA) is 25.8 Å². The van der Waals surface area contributed by atoms with Gasteiger partial charge in [-0.15, -0.1) is 0 Å². The summed E-state index contributed by atoms with van der Waals surface area (Å²) in [6.07, 6.45) is 1.79. The lowest BCUT2D eigenvalue weighted by atomic mass is 10.1. The number of nitrogens with zero attached hydrogens (tertiary/aromatic N) is 2. The van der Waals surface area contributed by atoms with Crippen LogP contribution in [0.5, 0.6) is 0 Å². The van der Waals surface area contributed by atoms with Gasteiger partial charge in [0, 0.05) is 17.0 Å². The second kappa shape index (κ2) is 3.17.